The van der Waals surface area contributed by atoms with E-state index in [9.17, 15) is 9.59 Å². The minimum atomic E-state index is -0.861. The number of para-hydroxylation sites is 1. The van der Waals surface area contributed by atoms with Gasteiger partial charge >= 0.3 is 5.97 Å². The SMILES string of the molecule is CCC(OC(=O)c1cc(Cl)c[nH]1)C(=O)Nc1ccccc1. The van der Waals surface area contributed by atoms with Gasteiger partial charge in [0.1, 0.15) is 5.69 Å². The first kappa shape index (κ1) is 15.1. The largest absolute Gasteiger partial charge is 0.448 e. The molecule has 2 N–H and O–H groups in total. The molecule has 0 fully saturated rings. The number of rotatable bonds is 5. The Morgan fingerprint density at radius 3 is 2.62 bits per heavy atom. The lowest BCUT2D eigenvalue weighted by Crippen LogP contribution is -2.32. The Hall–Kier alpha value is -2.27. The van der Waals surface area contributed by atoms with Crippen LogP contribution < -0.4 is 5.32 Å². The molecule has 0 saturated carbocycles. The zero-order valence-electron chi connectivity index (χ0n) is 11.4. The van der Waals surface area contributed by atoms with Crippen LogP contribution in [-0.4, -0.2) is 23.0 Å². The van der Waals surface area contributed by atoms with Gasteiger partial charge in [-0.2, -0.15) is 0 Å². The summed E-state index contributed by atoms with van der Waals surface area (Å²) in [4.78, 5) is 26.7. The molecule has 1 aromatic carbocycles. The van der Waals surface area contributed by atoms with E-state index in [-0.39, 0.29) is 11.6 Å². The van der Waals surface area contributed by atoms with E-state index in [1.165, 1.54) is 12.3 Å². The second kappa shape index (κ2) is 6.95. The lowest BCUT2D eigenvalue weighted by molar-refractivity contribution is -0.124. The highest BCUT2D eigenvalue weighted by Gasteiger charge is 2.22. The van der Waals surface area contributed by atoms with Gasteiger partial charge in [0.25, 0.3) is 5.91 Å². The van der Waals surface area contributed by atoms with Crippen LogP contribution in [0.3, 0.4) is 0 Å². The molecule has 21 heavy (non-hydrogen) atoms. The maximum Gasteiger partial charge on any atom is 0.355 e. The van der Waals surface area contributed by atoms with Crippen LogP contribution in [0.15, 0.2) is 42.6 Å². The van der Waals surface area contributed by atoms with E-state index in [1.54, 1.807) is 19.1 Å². The summed E-state index contributed by atoms with van der Waals surface area (Å²) in [5.41, 5.74) is 0.867. The normalized spacial score (nSPS) is 11.7. The highest BCUT2D eigenvalue weighted by molar-refractivity contribution is 6.30. The van der Waals surface area contributed by atoms with Crippen molar-refractivity contribution in [3.05, 3.63) is 53.3 Å². The van der Waals surface area contributed by atoms with Crippen LogP contribution in [0.1, 0.15) is 23.8 Å². The van der Waals surface area contributed by atoms with Crippen LogP contribution in [0.2, 0.25) is 5.02 Å². The van der Waals surface area contributed by atoms with E-state index >= 15 is 0 Å². The Kier molecular flexibility index (Phi) is 5.00. The number of ether oxygens (including phenoxy) is 1. The Balaban J connectivity index is 1.99. The molecule has 0 radical (unpaired) electrons. The summed E-state index contributed by atoms with van der Waals surface area (Å²) in [6.45, 7) is 1.77. The number of hydrogen-bond acceptors (Lipinski definition) is 3. The van der Waals surface area contributed by atoms with Crippen molar-refractivity contribution >= 4 is 29.2 Å². The van der Waals surface area contributed by atoms with Crippen LogP contribution in [0, 0.1) is 0 Å². The van der Waals surface area contributed by atoms with Gasteiger partial charge in [-0.15, -0.1) is 0 Å². The number of anilines is 1. The third kappa shape index (κ3) is 4.10. The van der Waals surface area contributed by atoms with Gasteiger partial charge in [0.2, 0.25) is 0 Å². The molecule has 6 heteroatoms. The molecule has 1 unspecified atom stereocenters. The van der Waals surface area contributed by atoms with Gasteiger partial charge in [-0.25, -0.2) is 4.79 Å². The van der Waals surface area contributed by atoms with Crippen LogP contribution in [-0.2, 0) is 9.53 Å². The first-order valence-corrected chi connectivity index (χ1v) is 6.88. The van der Waals surface area contributed by atoms with E-state index in [2.05, 4.69) is 10.3 Å². The van der Waals surface area contributed by atoms with E-state index in [4.69, 9.17) is 16.3 Å². The predicted molar refractivity (Wildman–Crippen MR) is 80.4 cm³/mol. The maximum atomic E-state index is 12.1. The molecule has 0 spiro atoms. The summed E-state index contributed by atoms with van der Waals surface area (Å²) in [5.74, 6) is -0.980. The molecule has 0 aliphatic carbocycles. The van der Waals surface area contributed by atoms with Gasteiger partial charge in [0.15, 0.2) is 6.10 Å². The quantitative estimate of drug-likeness (QED) is 0.833. The van der Waals surface area contributed by atoms with Crippen molar-refractivity contribution in [3.63, 3.8) is 0 Å². The predicted octanol–water partition coefficient (Wildman–Crippen LogP) is 3.24. The van der Waals surface area contributed by atoms with Gasteiger partial charge in [-0.05, 0) is 24.6 Å². The second-order valence-corrected chi connectivity index (χ2v) is 4.83. The molecule has 110 valence electrons. The zero-order valence-corrected chi connectivity index (χ0v) is 12.2. The molecule has 1 amide bonds. The monoisotopic (exact) mass is 306 g/mol. The fourth-order valence-corrected chi connectivity index (χ4v) is 1.91. The second-order valence-electron chi connectivity index (χ2n) is 4.39. The van der Waals surface area contributed by atoms with Gasteiger partial charge in [-0.3, -0.25) is 4.79 Å². The first-order chi connectivity index (χ1) is 10.1. The number of carbonyl (C=O) groups is 2. The Bertz CT molecular complexity index is 625. The molecule has 1 heterocycles. The van der Waals surface area contributed by atoms with Crippen LogP contribution >= 0.6 is 11.6 Å². The molecule has 1 atom stereocenters. The minimum Gasteiger partial charge on any atom is -0.448 e. The number of amides is 1. The van der Waals surface area contributed by atoms with Crippen molar-refractivity contribution in [1.29, 1.82) is 0 Å². The average molecular weight is 307 g/mol. The number of hydrogen-bond donors (Lipinski definition) is 2. The smallest absolute Gasteiger partial charge is 0.355 e. The van der Waals surface area contributed by atoms with Gasteiger partial charge in [0, 0.05) is 11.9 Å². The number of carbonyl (C=O) groups excluding carboxylic acids is 2. The van der Waals surface area contributed by atoms with E-state index < -0.39 is 12.1 Å². The summed E-state index contributed by atoms with van der Waals surface area (Å²) in [6.07, 6.45) is 0.988. The number of nitrogens with one attached hydrogen (secondary N) is 2. The Morgan fingerprint density at radius 2 is 2.05 bits per heavy atom. The van der Waals surface area contributed by atoms with Crippen LogP contribution in [0.4, 0.5) is 5.69 Å². The molecule has 5 nitrogen and oxygen atoms in total. The molecule has 2 rings (SSSR count). The molecule has 0 aliphatic rings. The van der Waals surface area contributed by atoms with Gasteiger partial charge < -0.3 is 15.0 Å². The summed E-state index contributed by atoms with van der Waals surface area (Å²) >= 11 is 5.73. The highest BCUT2D eigenvalue weighted by Crippen LogP contribution is 2.13. The molecule has 0 bridgehead atoms. The van der Waals surface area contributed by atoms with Crippen LogP contribution in [0.5, 0.6) is 0 Å². The molecule has 0 saturated heterocycles. The zero-order chi connectivity index (χ0) is 15.2. The van der Waals surface area contributed by atoms with Crippen molar-refractivity contribution in [2.75, 3.05) is 5.32 Å². The van der Waals surface area contributed by atoms with Gasteiger partial charge in [0.05, 0.1) is 5.02 Å². The fraction of sp³-hybridized carbons (Fsp3) is 0.200. The average Bonchev–Trinajstić information content (AvgIpc) is 2.92. The summed E-state index contributed by atoms with van der Waals surface area (Å²) in [6, 6.07) is 10.4. The van der Waals surface area contributed by atoms with E-state index in [0.29, 0.717) is 17.1 Å². The summed E-state index contributed by atoms with van der Waals surface area (Å²) in [5, 5.41) is 3.11. The Labute approximate surface area is 127 Å². The standard InChI is InChI=1S/C15H15ClN2O3/c1-2-13(14(19)18-11-6-4-3-5-7-11)21-15(20)12-8-10(16)9-17-12/h3-9,13,17H,2H2,1H3,(H,18,19). The van der Waals surface area contributed by atoms with Crippen molar-refractivity contribution in [1.82, 2.24) is 4.98 Å². The topological polar surface area (TPSA) is 71.2 Å². The number of H-pyrrole nitrogens is 1. The summed E-state index contributed by atoms with van der Waals surface area (Å²) in [7, 11) is 0. The maximum absolute atomic E-state index is 12.1. The van der Waals surface area contributed by atoms with E-state index in [1.807, 2.05) is 18.2 Å². The highest BCUT2D eigenvalue weighted by atomic mass is 35.5. The number of aromatic nitrogens is 1. The molecular formula is C15H15ClN2O3. The van der Waals surface area contributed by atoms with Crippen molar-refractivity contribution in [2.45, 2.75) is 19.4 Å². The molecule has 0 aliphatic heterocycles. The third-order valence-electron chi connectivity index (χ3n) is 2.82. The number of aromatic amines is 1. The number of esters is 1. The minimum absolute atomic E-state index is 0.214. The van der Waals surface area contributed by atoms with Crippen molar-refractivity contribution in [2.24, 2.45) is 0 Å². The first-order valence-electron chi connectivity index (χ1n) is 6.51. The fourth-order valence-electron chi connectivity index (χ4n) is 1.74. The Morgan fingerprint density at radius 1 is 1.33 bits per heavy atom. The van der Waals surface area contributed by atoms with Crippen LogP contribution in [0.25, 0.3) is 0 Å². The van der Waals surface area contributed by atoms with Crippen molar-refractivity contribution < 1.29 is 14.3 Å². The molecule has 1 aromatic heterocycles. The number of benzene rings is 1. The summed E-state index contributed by atoms with van der Waals surface area (Å²) < 4.78 is 5.19. The molecule has 2 aromatic rings. The number of halogens is 1. The van der Waals surface area contributed by atoms with Crippen molar-refractivity contribution in [3.8, 4) is 0 Å². The third-order valence-corrected chi connectivity index (χ3v) is 3.04. The van der Waals surface area contributed by atoms with Gasteiger partial charge in [-0.1, -0.05) is 36.7 Å². The molecular weight excluding hydrogens is 292 g/mol. The van der Waals surface area contributed by atoms with E-state index in [0.717, 1.165) is 0 Å². The lowest BCUT2D eigenvalue weighted by Gasteiger charge is -2.15. The lowest BCUT2D eigenvalue weighted by atomic mass is 10.2.